The molecule has 0 bridgehead atoms. The Morgan fingerprint density at radius 1 is 1.40 bits per heavy atom. The number of aromatic nitrogens is 2. The van der Waals surface area contributed by atoms with E-state index in [1.54, 1.807) is 18.0 Å². The summed E-state index contributed by atoms with van der Waals surface area (Å²) in [6.45, 7) is 2.60. The van der Waals surface area contributed by atoms with Crippen LogP contribution in [0.1, 0.15) is 23.7 Å². The van der Waals surface area contributed by atoms with Crippen molar-refractivity contribution in [1.29, 1.82) is 0 Å². The summed E-state index contributed by atoms with van der Waals surface area (Å²) in [4.78, 5) is 0. The van der Waals surface area contributed by atoms with Crippen LogP contribution in [0.25, 0.3) is 0 Å². The molecule has 5 nitrogen and oxygen atoms in total. The highest BCUT2D eigenvalue weighted by Crippen LogP contribution is 2.24. The summed E-state index contributed by atoms with van der Waals surface area (Å²) >= 11 is 0. The van der Waals surface area contributed by atoms with Gasteiger partial charge in [-0.3, -0.25) is 4.68 Å². The monoisotopic (exact) mass is 275 g/mol. The number of methoxy groups -OCH3 is 1. The molecule has 1 atom stereocenters. The third-order valence-electron chi connectivity index (χ3n) is 3.21. The van der Waals surface area contributed by atoms with Crippen LogP contribution < -0.4 is 15.2 Å². The predicted octanol–water partition coefficient (Wildman–Crippen LogP) is 2.21. The summed E-state index contributed by atoms with van der Waals surface area (Å²) in [5, 5.41) is 4.16. The molecule has 1 unspecified atom stereocenters. The molecular weight excluding hydrogens is 254 g/mol. The van der Waals surface area contributed by atoms with Gasteiger partial charge in [0, 0.05) is 13.5 Å². The highest BCUT2D eigenvalue weighted by atomic mass is 16.5. The number of hydrogen-bond acceptors (Lipinski definition) is 4. The van der Waals surface area contributed by atoms with Gasteiger partial charge in [-0.15, -0.1) is 0 Å². The Morgan fingerprint density at radius 2 is 2.20 bits per heavy atom. The number of benzene rings is 1. The van der Waals surface area contributed by atoms with Gasteiger partial charge in [0.05, 0.1) is 31.6 Å². The first-order chi connectivity index (χ1) is 9.61. The summed E-state index contributed by atoms with van der Waals surface area (Å²) in [7, 11) is 3.48. The Hall–Kier alpha value is -2.01. The fourth-order valence-electron chi connectivity index (χ4n) is 2.15. The summed E-state index contributed by atoms with van der Waals surface area (Å²) in [5.41, 5.74) is 8.26. The molecule has 5 heteroatoms. The second kappa shape index (κ2) is 6.43. The maximum absolute atomic E-state index is 6.19. The molecule has 1 aromatic heterocycles. The van der Waals surface area contributed by atoms with Gasteiger partial charge in [-0.25, -0.2) is 0 Å². The minimum absolute atomic E-state index is 0.165. The molecule has 0 aliphatic carbocycles. The van der Waals surface area contributed by atoms with Crippen LogP contribution in [0.2, 0.25) is 0 Å². The zero-order valence-electron chi connectivity index (χ0n) is 12.2. The van der Waals surface area contributed by atoms with Crippen molar-refractivity contribution in [2.75, 3.05) is 13.7 Å². The van der Waals surface area contributed by atoms with Crippen LogP contribution in [0.5, 0.6) is 11.5 Å². The van der Waals surface area contributed by atoms with Gasteiger partial charge in [-0.1, -0.05) is 12.1 Å². The molecule has 108 valence electrons. The molecule has 0 saturated heterocycles. The number of hydrogen-bond donors (Lipinski definition) is 1. The normalized spacial score (nSPS) is 12.2. The van der Waals surface area contributed by atoms with E-state index < -0.39 is 0 Å². The highest BCUT2D eigenvalue weighted by Gasteiger charge is 2.16. The third-order valence-corrected chi connectivity index (χ3v) is 3.21. The van der Waals surface area contributed by atoms with Crippen molar-refractivity contribution in [3.8, 4) is 11.5 Å². The van der Waals surface area contributed by atoms with E-state index in [4.69, 9.17) is 15.2 Å². The maximum atomic E-state index is 6.19. The lowest BCUT2D eigenvalue weighted by atomic mass is 10.1. The topological polar surface area (TPSA) is 62.3 Å². The van der Waals surface area contributed by atoms with E-state index in [0.717, 1.165) is 17.2 Å². The van der Waals surface area contributed by atoms with E-state index in [-0.39, 0.29) is 6.04 Å². The van der Waals surface area contributed by atoms with Gasteiger partial charge in [0.1, 0.15) is 5.75 Å². The molecule has 0 amide bonds. The Bertz CT molecular complexity index is 566. The predicted molar refractivity (Wildman–Crippen MR) is 78.0 cm³/mol. The minimum atomic E-state index is -0.165. The molecule has 0 aliphatic rings. The number of rotatable bonds is 6. The number of nitrogens with zero attached hydrogens (tertiary/aromatic N) is 2. The van der Waals surface area contributed by atoms with Crippen molar-refractivity contribution in [1.82, 2.24) is 9.78 Å². The van der Waals surface area contributed by atoms with Crippen molar-refractivity contribution in [2.24, 2.45) is 12.8 Å². The van der Waals surface area contributed by atoms with Gasteiger partial charge >= 0.3 is 0 Å². The second-order valence-corrected chi connectivity index (χ2v) is 4.78. The standard InChI is InChI=1S/C15H21N3O2/c1-11-5-4-6-12(9-11)20-8-7-13(16)15-14(19-3)10-17-18(15)2/h4-6,9-10,13H,7-8,16H2,1-3H3. The summed E-state index contributed by atoms with van der Waals surface area (Å²) in [5.74, 6) is 1.59. The van der Waals surface area contributed by atoms with Gasteiger partial charge in [0.25, 0.3) is 0 Å². The number of aryl methyl sites for hydroxylation is 2. The first-order valence-electron chi connectivity index (χ1n) is 6.62. The van der Waals surface area contributed by atoms with Crippen molar-refractivity contribution >= 4 is 0 Å². The summed E-state index contributed by atoms with van der Waals surface area (Å²) in [6, 6.07) is 7.81. The van der Waals surface area contributed by atoms with Crippen LogP contribution in [0, 0.1) is 6.92 Å². The van der Waals surface area contributed by atoms with Gasteiger partial charge in [-0.05, 0) is 24.6 Å². The van der Waals surface area contributed by atoms with E-state index in [0.29, 0.717) is 13.0 Å². The van der Waals surface area contributed by atoms with Gasteiger partial charge in [0.15, 0.2) is 5.75 Å². The third kappa shape index (κ3) is 3.30. The molecule has 0 aliphatic heterocycles. The van der Waals surface area contributed by atoms with Crippen LogP contribution >= 0.6 is 0 Å². The molecule has 2 aromatic rings. The van der Waals surface area contributed by atoms with Gasteiger partial charge < -0.3 is 15.2 Å². The Balaban J connectivity index is 1.92. The largest absolute Gasteiger partial charge is 0.494 e. The maximum Gasteiger partial charge on any atom is 0.161 e. The molecule has 0 radical (unpaired) electrons. The first-order valence-corrected chi connectivity index (χ1v) is 6.62. The smallest absolute Gasteiger partial charge is 0.161 e. The molecule has 0 fully saturated rings. The van der Waals surface area contributed by atoms with E-state index >= 15 is 0 Å². The van der Waals surface area contributed by atoms with Gasteiger partial charge in [0.2, 0.25) is 0 Å². The molecule has 20 heavy (non-hydrogen) atoms. The number of nitrogens with two attached hydrogens (primary N) is 1. The fraction of sp³-hybridized carbons (Fsp3) is 0.400. The van der Waals surface area contributed by atoms with E-state index in [2.05, 4.69) is 5.10 Å². The minimum Gasteiger partial charge on any atom is -0.494 e. The van der Waals surface area contributed by atoms with Crippen molar-refractivity contribution in [3.05, 3.63) is 41.7 Å². The second-order valence-electron chi connectivity index (χ2n) is 4.78. The van der Waals surface area contributed by atoms with E-state index in [9.17, 15) is 0 Å². The van der Waals surface area contributed by atoms with Crippen LogP contribution in [-0.4, -0.2) is 23.5 Å². The molecule has 0 saturated carbocycles. The van der Waals surface area contributed by atoms with Crippen molar-refractivity contribution in [2.45, 2.75) is 19.4 Å². The fourth-order valence-corrected chi connectivity index (χ4v) is 2.15. The zero-order chi connectivity index (χ0) is 14.5. The molecule has 1 aromatic carbocycles. The molecule has 1 heterocycles. The van der Waals surface area contributed by atoms with Crippen LogP contribution in [0.3, 0.4) is 0 Å². The first kappa shape index (κ1) is 14.4. The van der Waals surface area contributed by atoms with E-state index in [1.165, 1.54) is 5.56 Å². The number of ether oxygens (including phenoxy) is 2. The Morgan fingerprint density at radius 3 is 2.90 bits per heavy atom. The molecule has 2 N–H and O–H groups in total. The van der Waals surface area contributed by atoms with Gasteiger partial charge in [-0.2, -0.15) is 5.10 Å². The summed E-state index contributed by atoms with van der Waals surface area (Å²) in [6.07, 6.45) is 2.38. The molecule has 0 spiro atoms. The van der Waals surface area contributed by atoms with Crippen LogP contribution in [0.15, 0.2) is 30.5 Å². The average Bonchev–Trinajstić information content (AvgIpc) is 2.80. The Labute approximate surface area is 119 Å². The molecular formula is C15H21N3O2. The average molecular weight is 275 g/mol. The Kier molecular flexibility index (Phi) is 4.63. The van der Waals surface area contributed by atoms with Crippen molar-refractivity contribution < 1.29 is 9.47 Å². The van der Waals surface area contributed by atoms with E-state index in [1.807, 2.05) is 38.2 Å². The zero-order valence-corrected chi connectivity index (χ0v) is 12.2. The lowest BCUT2D eigenvalue weighted by Crippen LogP contribution is -2.18. The van der Waals surface area contributed by atoms with Crippen LogP contribution in [-0.2, 0) is 7.05 Å². The SMILES string of the molecule is COc1cnn(C)c1C(N)CCOc1cccc(C)c1. The molecule has 2 rings (SSSR count). The van der Waals surface area contributed by atoms with Crippen LogP contribution in [0.4, 0.5) is 0 Å². The highest BCUT2D eigenvalue weighted by molar-refractivity contribution is 5.28. The quantitative estimate of drug-likeness (QED) is 0.878. The summed E-state index contributed by atoms with van der Waals surface area (Å²) < 4.78 is 12.7. The lowest BCUT2D eigenvalue weighted by molar-refractivity contribution is 0.294. The van der Waals surface area contributed by atoms with Crippen molar-refractivity contribution in [3.63, 3.8) is 0 Å². The lowest BCUT2D eigenvalue weighted by Gasteiger charge is -2.14.